The van der Waals surface area contributed by atoms with Gasteiger partial charge in [0.25, 0.3) is 0 Å². The molecule has 19 heavy (non-hydrogen) atoms. The van der Waals surface area contributed by atoms with Crippen molar-refractivity contribution in [2.45, 2.75) is 46.1 Å². The molecule has 0 aliphatic carbocycles. The van der Waals surface area contributed by atoms with Gasteiger partial charge >= 0.3 is 0 Å². The van der Waals surface area contributed by atoms with Crippen molar-refractivity contribution in [1.82, 2.24) is 0 Å². The molecule has 0 saturated carbocycles. The quantitative estimate of drug-likeness (QED) is 0.839. The first-order valence-corrected chi connectivity index (χ1v) is 6.91. The third kappa shape index (κ3) is 2.34. The van der Waals surface area contributed by atoms with Crippen LogP contribution in [0.3, 0.4) is 0 Å². The van der Waals surface area contributed by atoms with E-state index in [2.05, 4.69) is 46.0 Å². The Bertz CT molecular complexity index is 500. The Morgan fingerprint density at radius 2 is 1.89 bits per heavy atom. The van der Waals surface area contributed by atoms with Gasteiger partial charge < -0.3 is 10.2 Å². The van der Waals surface area contributed by atoms with Gasteiger partial charge in [-0.15, -0.1) is 0 Å². The van der Waals surface area contributed by atoms with Crippen LogP contribution in [0.2, 0.25) is 0 Å². The number of hydrogen-bond donors (Lipinski definition) is 1. The Labute approximate surface area is 116 Å². The van der Waals surface area contributed by atoms with Gasteiger partial charge in [-0.3, -0.25) is 4.79 Å². The lowest BCUT2D eigenvalue weighted by Crippen LogP contribution is -2.48. The third-order valence-electron chi connectivity index (χ3n) is 3.77. The Kier molecular flexibility index (Phi) is 3.33. The predicted octanol–water partition coefficient (Wildman–Crippen LogP) is 3.40. The van der Waals surface area contributed by atoms with E-state index < -0.39 is 0 Å². The average molecular weight is 260 g/mol. The van der Waals surface area contributed by atoms with E-state index in [1.54, 1.807) is 4.90 Å². The maximum Gasteiger partial charge on any atom is 0.249 e. The van der Waals surface area contributed by atoms with Crippen molar-refractivity contribution in [3.63, 3.8) is 0 Å². The highest BCUT2D eigenvalue weighted by Gasteiger charge is 2.34. The van der Waals surface area contributed by atoms with E-state index in [1.165, 1.54) is 5.56 Å². The normalized spacial score (nSPS) is 19.4. The Hall–Kier alpha value is -1.51. The molecule has 1 aromatic rings. The smallest absolute Gasteiger partial charge is 0.249 e. The van der Waals surface area contributed by atoms with Crippen LogP contribution in [0.1, 0.15) is 40.2 Å². The number of anilines is 2. The first kappa shape index (κ1) is 13.9. The molecule has 2 rings (SSSR count). The van der Waals surface area contributed by atoms with E-state index in [9.17, 15) is 4.79 Å². The van der Waals surface area contributed by atoms with Gasteiger partial charge in [0.1, 0.15) is 6.04 Å². The summed E-state index contributed by atoms with van der Waals surface area (Å²) in [7, 11) is 1.86. The van der Waals surface area contributed by atoms with E-state index in [0.29, 0.717) is 0 Å². The molecule has 1 N–H and O–H groups in total. The summed E-state index contributed by atoms with van der Waals surface area (Å²) in [6, 6.07) is 6.04. The molecular formula is C16H24N2O. The Balaban J connectivity index is 2.57. The zero-order valence-electron chi connectivity index (χ0n) is 12.7. The number of fused-ring (bicyclic) bond motifs is 1. The maximum atomic E-state index is 12.4. The van der Waals surface area contributed by atoms with E-state index >= 15 is 0 Å². The molecule has 1 atom stereocenters. The number of hydrogen-bond acceptors (Lipinski definition) is 2. The number of amides is 1. The van der Waals surface area contributed by atoms with Gasteiger partial charge in [-0.1, -0.05) is 46.8 Å². The molecule has 0 fully saturated rings. The Morgan fingerprint density at radius 3 is 2.42 bits per heavy atom. The topological polar surface area (TPSA) is 32.3 Å². The molecule has 3 nitrogen and oxygen atoms in total. The number of likely N-dealkylation sites (N-methyl/N-ethyl adjacent to an activating group) is 1. The third-order valence-corrected chi connectivity index (χ3v) is 3.77. The molecule has 0 spiro atoms. The second-order valence-corrected chi connectivity index (χ2v) is 6.71. The number of benzene rings is 1. The fourth-order valence-corrected chi connectivity index (χ4v) is 2.59. The van der Waals surface area contributed by atoms with Crippen molar-refractivity contribution < 1.29 is 4.79 Å². The fourth-order valence-electron chi connectivity index (χ4n) is 2.59. The van der Waals surface area contributed by atoms with Crippen molar-refractivity contribution in [2.24, 2.45) is 5.92 Å². The van der Waals surface area contributed by atoms with Crippen molar-refractivity contribution in [2.75, 3.05) is 17.3 Å². The summed E-state index contributed by atoms with van der Waals surface area (Å²) in [5, 5.41) is 3.46. The predicted molar refractivity (Wildman–Crippen MR) is 80.8 cm³/mol. The highest BCUT2D eigenvalue weighted by Crippen LogP contribution is 2.40. The first-order chi connectivity index (χ1) is 8.73. The molecule has 0 bridgehead atoms. The molecule has 3 heteroatoms. The van der Waals surface area contributed by atoms with E-state index in [-0.39, 0.29) is 23.3 Å². The number of para-hydroxylation sites is 1. The largest absolute Gasteiger partial charge is 0.372 e. The first-order valence-electron chi connectivity index (χ1n) is 6.91. The van der Waals surface area contributed by atoms with Crippen LogP contribution in [0.4, 0.5) is 11.4 Å². The summed E-state index contributed by atoms with van der Waals surface area (Å²) < 4.78 is 0. The van der Waals surface area contributed by atoms with Gasteiger partial charge in [0.15, 0.2) is 0 Å². The van der Waals surface area contributed by atoms with Crippen molar-refractivity contribution in [3.05, 3.63) is 23.8 Å². The molecule has 1 aliphatic rings. The minimum Gasteiger partial charge on any atom is -0.372 e. The van der Waals surface area contributed by atoms with Crippen LogP contribution in [-0.4, -0.2) is 19.0 Å². The average Bonchev–Trinajstić information content (AvgIpc) is 2.31. The molecule has 1 amide bonds. The number of rotatable bonds is 1. The summed E-state index contributed by atoms with van der Waals surface area (Å²) in [4.78, 5) is 14.1. The van der Waals surface area contributed by atoms with Gasteiger partial charge in [0.2, 0.25) is 5.91 Å². The second kappa shape index (κ2) is 4.55. The zero-order chi connectivity index (χ0) is 14.4. The van der Waals surface area contributed by atoms with Crippen molar-refractivity contribution >= 4 is 17.3 Å². The van der Waals surface area contributed by atoms with E-state index in [4.69, 9.17) is 0 Å². The van der Waals surface area contributed by atoms with Crippen LogP contribution < -0.4 is 10.2 Å². The number of carbonyl (C=O) groups excluding carboxylic acids is 1. The summed E-state index contributed by atoms with van der Waals surface area (Å²) in [5.74, 6) is 0.421. The molecule has 104 valence electrons. The van der Waals surface area contributed by atoms with Crippen LogP contribution in [-0.2, 0) is 10.2 Å². The Morgan fingerprint density at radius 1 is 1.26 bits per heavy atom. The molecule has 0 radical (unpaired) electrons. The molecule has 0 aromatic heterocycles. The molecular weight excluding hydrogens is 236 g/mol. The lowest BCUT2D eigenvalue weighted by atomic mass is 9.84. The van der Waals surface area contributed by atoms with Gasteiger partial charge in [-0.25, -0.2) is 0 Å². The van der Waals surface area contributed by atoms with Crippen LogP contribution in [0.15, 0.2) is 18.2 Å². The summed E-state index contributed by atoms with van der Waals surface area (Å²) in [5.41, 5.74) is 3.40. The molecule has 1 unspecified atom stereocenters. The fraction of sp³-hybridized carbons (Fsp3) is 0.562. The van der Waals surface area contributed by atoms with E-state index in [1.807, 2.05) is 19.2 Å². The molecule has 1 heterocycles. The molecule has 1 aromatic carbocycles. The monoisotopic (exact) mass is 260 g/mol. The van der Waals surface area contributed by atoms with Crippen LogP contribution in [0, 0.1) is 5.92 Å². The SMILES string of the molecule is CC(C)C1Nc2c(cccc2C(C)(C)C)N(C)C1=O. The number of nitrogens with one attached hydrogen (secondary N) is 1. The lowest BCUT2D eigenvalue weighted by molar-refractivity contribution is -0.120. The maximum absolute atomic E-state index is 12.4. The minimum absolute atomic E-state index is 0.0566. The summed E-state index contributed by atoms with van der Waals surface area (Å²) in [6.07, 6.45) is 0. The van der Waals surface area contributed by atoms with Crippen LogP contribution in [0.25, 0.3) is 0 Å². The van der Waals surface area contributed by atoms with Gasteiger partial charge in [-0.05, 0) is 23.0 Å². The second-order valence-electron chi connectivity index (χ2n) is 6.71. The molecule has 1 aliphatic heterocycles. The number of nitrogens with zero attached hydrogens (tertiary/aromatic N) is 1. The van der Waals surface area contributed by atoms with Crippen molar-refractivity contribution in [1.29, 1.82) is 0 Å². The zero-order valence-corrected chi connectivity index (χ0v) is 12.7. The highest BCUT2D eigenvalue weighted by atomic mass is 16.2. The van der Waals surface area contributed by atoms with Crippen LogP contribution in [0.5, 0.6) is 0 Å². The highest BCUT2D eigenvalue weighted by molar-refractivity contribution is 6.05. The van der Waals surface area contributed by atoms with Gasteiger partial charge in [-0.2, -0.15) is 0 Å². The van der Waals surface area contributed by atoms with Gasteiger partial charge in [0.05, 0.1) is 11.4 Å². The summed E-state index contributed by atoms with van der Waals surface area (Å²) >= 11 is 0. The van der Waals surface area contributed by atoms with E-state index in [0.717, 1.165) is 11.4 Å². The standard InChI is InChI=1S/C16H24N2O/c1-10(2)13-15(19)18(6)12-9-7-8-11(14(12)17-13)16(3,4)5/h7-10,13,17H,1-6H3. The lowest BCUT2D eigenvalue weighted by Gasteiger charge is -2.38. The van der Waals surface area contributed by atoms with Crippen LogP contribution >= 0.6 is 0 Å². The number of carbonyl (C=O) groups is 1. The van der Waals surface area contributed by atoms with Gasteiger partial charge in [0, 0.05) is 7.05 Å². The minimum atomic E-state index is -0.138. The molecule has 0 saturated heterocycles. The summed E-state index contributed by atoms with van der Waals surface area (Å²) in [6.45, 7) is 10.8. The van der Waals surface area contributed by atoms with Crippen molar-refractivity contribution in [3.8, 4) is 0 Å².